The molecule has 86 valence electrons. The van der Waals surface area contributed by atoms with Gasteiger partial charge in [-0.05, 0) is 32.4 Å². The van der Waals surface area contributed by atoms with Crippen LogP contribution >= 0.6 is 0 Å². The molecule has 0 spiro atoms. The number of aromatic nitrogens is 1. The van der Waals surface area contributed by atoms with Gasteiger partial charge in [-0.3, -0.25) is 0 Å². The summed E-state index contributed by atoms with van der Waals surface area (Å²) in [6, 6.07) is 5.31. The molecule has 1 aromatic heterocycles. The zero-order chi connectivity index (χ0) is 12.1. The molecular weight excluding hydrogens is 217 g/mol. The molecule has 0 unspecified atom stereocenters. The van der Waals surface area contributed by atoms with Gasteiger partial charge in [-0.2, -0.15) is 18.4 Å². The minimum Gasteiger partial charge on any atom is -0.330 e. The lowest BCUT2D eigenvalue weighted by Crippen LogP contribution is -2.26. The van der Waals surface area contributed by atoms with E-state index in [9.17, 15) is 13.2 Å². The van der Waals surface area contributed by atoms with Gasteiger partial charge < -0.3 is 4.57 Å². The van der Waals surface area contributed by atoms with Crippen LogP contribution in [0.1, 0.15) is 17.8 Å². The Morgan fingerprint density at radius 3 is 2.19 bits per heavy atom. The van der Waals surface area contributed by atoms with Gasteiger partial charge in [0.1, 0.15) is 5.54 Å². The first kappa shape index (κ1) is 11.1. The number of rotatable bonds is 1. The predicted octanol–water partition coefficient (Wildman–Crippen LogP) is 2.91. The fraction of sp³-hybridized carbons (Fsp3) is 0.545. The van der Waals surface area contributed by atoms with Crippen molar-refractivity contribution >= 4 is 0 Å². The molecule has 16 heavy (non-hydrogen) atoms. The molecular formula is C11H11F3N2. The quantitative estimate of drug-likeness (QED) is 0.726. The number of hydrogen-bond donors (Lipinski definition) is 0. The van der Waals surface area contributed by atoms with Gasteiger partial charge in [0, 0.05) is 11.4 Å². The summed E-state index contributed by atoms with van der Waals surface area (Å²) in [7, 11) is 0. The van der Waals surface area contributed by atoms with Crippen molar-refractivity contribution in [1.29, 1.82) is 5.26 Å². The van der Waals surface area contributed by atoms with Crippen molar-refractivity contribution in [2.45, 2.75) is 32.0 Å². The Labute approximate surface area is 91.3 Å². The lowest BCUT2D eigenvalue weighted by atomic mass is 10.2. The Bertz CT molecular complexity index is 447. The van der Waals surface area contributed by atoms with E-state index in [2.05, 4.69) is 0 Å². The minimum absolute atomic E-state index is 0.136. The number of nitriles is 1. The molecule has 1 aromatic rings. The number of aryl methyl sites for hydroxylation is 2. The van der Waals surface area contributed by atoms with Crippen LogP contribution in [0.4, 0.5) is 13.2 Å². The third kappa shape index (κ3) is 1.33. The highest BCUT2D eigenvalue weighted by molar-refractivity contribution is 5.30. The van der Waals surface area contributed by atoms with Crippen molar-refractivity contribution in [2.24, 2.45) is 5.92 Å². The maximum atomic E-state index is 12.6. The molecule has 2 atom stereocenters. The molecule has 1 saturated carbocycles. The van der Waals surface area contributed by atoms with Gasteiger partial charge in [0.15, 0.2) is 0 Å². The van der Waals surface area contributed by atoms with E-state index >= 15 is 0 Å². The molecule has 1 heterocycles. The van der Waals surface area contributed by atoms with Crippen molar-refractivity contribution in [3.63, 3.8) is 0 Å². The molecule has 0 aliphatic heterocycles. The summed E-state index contributed by atoms with van der Waals surface area (Å²) < 4.78 is 39.3. The fourth-order valence-electron chi connectivity index (χ4n) is 2.36. The largest absolute Gasteiger partial charge is 0.395 e. The average Bonchev–Trinajstić information content (AvgIpc) is 2.83. The second kappa shape index (κ2) is 3.03. The van der Waals surface area contributed by atoms with Gasteiger partial charge >= 0.3 is 6.18 Å². The molecule has 0 amide bonds. The van der Waals surface area contributed by atoms with Crippen LogP contribution in [-0.4, -0.2) is 10.7 Å². The summed E-state index contributed by atoms with van der Waals surface area (Å²) in [6.07, 6.45) is -4.43. The average molecular weight is 228 g/mol. The highest BCUT2D eigenvalue weighted by atomic mass is 19.4. The normalized spacial score (nSPS) is 28.9. The van der Waals surface area contributed by atoms with Crippen LogP contribution in [0.15, 0.2) is 12.1 Å². The first-order chi connectivity index (χ1) is 7.33. The maximum Gasteiger partial charge on any atom is 0.395 e. The summed E-state index contributed by atoms with van der Waals surface area (Å²) in [4.78, 5) is 0. The highest BCUT2D eigenvalue weighted by Crippen LogP contribution is 2.58. The molecule has 0 N–H and O–H groups in total. The van der Waals surface area contributed by atoms with Gasteiger partial charge in [-0.25, -0.2) is 0 Å². The Morgan fingerprint density at radius 1 is 1.38 bits per heavy atom. The van der Waals surface area contributed by atoms with Crippen LogP contribution in [0.3, 0.4) is 0 Å². The van der Waals surface area contributed by atoms with E-state index in [0.29, 0.717) is 11.4 Å². The van der Waals surface area contributed by atoms with Crippen LogP contribution in [0.25, 0.3) is 0 Å². The number of nitrogens with zero attached hydrogens (tertiary/aromatic N) is 2. The molecule has 1 aliphatic carbocycles. The Balaban J connectivity index is 2.46. The van der Waals surface area contributed by atoms with Gasteiger partial charge in [-0.15, -0.1) is 0 Å². The number of hydrogen-bond acceptors (Lipinski definition) is 1. The number of alkyl halides is 3. The summed E-state index contributed by atoms with van der Waals surface area (Å²) >= 11 is 0. The van der Waals surface area contributed by atoms with Crippen molar-refractivity contribution in [1.82, 2.24) is 4.57 Å². The maximum absolute atomic E-state index is 12.6. The van der Waals surface area contributed by atoms with E-state index in [1.54, 1.807) is 26.0 Å². The molecule has 5 heteroatoms. The van der Waals surface area contributed by atoms with Crippen LogP contribution < -0.4 is 0 Å². The van der Waals surface area contributed by atoms with Crippen molar-refractivity contribution in [2.75, 3.05) is 0 Å². The van der Waals surface area contributed by atoms with E-state index in [4.69, 9.17) is 5.26 Å². The van der Waals surface area contributed by atoms with Gasteiger partial charge in [0.05, 0.1) is 12.0 Å². The Hall–Kier alpha value is -1.44. The third-order valence-electron chi connectivity index (χ3n) is 3.19. The monoisotopic (exact) mass is 228 g/mol. The van der Waals surface area contributed by atoms with E-state index in [1.807, 2.05) is 6.07 Å². The molecule has 0 saturated heterocycles. The minimum atomic E-state index is -4.29. The molecule has 0 aromatic carbocycles. The Morgan fingerprint density at radius 2 is 1.88 bits per heavy atom. The van der Waals surface area contributed by atoms with Crippen molar-refractivity contribution in [3.8, 4) is 6.07 Å². The summed E-state index contributed by atoms with van der Waals surface area (Å²) in [5.74, 6) is -1.53. The van der Waals surface area contributed by atoms with Crippen LogP contribution in [0, 0.1) is 31.1 Å². The second-order valence-corrected chi connectivity index (χ2v) is 4.29. The van der Waals surface area contributed by atoms with Gasteiger partial charge in [0.2, 0.25) is 0 Å². The first-order valence-corrected chi connectivity index (χ1v) is 4.96. The highest BCUT2D eigenvalue weighted by Gasteiger charge is 2.69. The Kier molecular flexibility index (Phi) is 2.10. The lowest BCUT2D eigenvalue weighted by molar-refractivity contribution is -0.153. The van der Waals surface area contributed by atoms with Gasteiger partial charge in [0.25, 0.3) is 0 Å². The number of halogens is 3. The molecule has 0 radical (unpaired) electrons. The molecule has 0 bridgehead atoms. The summed E-state index contributed by atoms with van der Waals surface area (Å²) in [6.45, 7) is 3.44. The smallest absolute Gasteiger partial charge is 0.330 e. The molecule has 1 fully saturated rings. The van der Waals surface area contributed by atoms with Crippen molar-refractivity contribution < 1.29 is 13.2 Å². The standard InChI is InChI=1S/C11H11F3N2/c1-7-3-4-8(2)16(7)10(6-15)5-9(10)11(12,13)14/h3-4,9H,5H2,1-2H3/t9-,10+/m1/s1. The summed E-state index contributed by atoms with van der Waals surface area (Å²) in [5.41, 5.74) is -0.00720. The van der Waals surface area contributed by atoms with E-state index in [0.717, 1.165) is 0 Å². The van der Waals surface area contributed by atoms with E-state index in [1.165, 1.54) is 4.57 Å². The SMILES string of the molecule is Cc1ccc(C)n1[C@]1(C#N)C[C@H]1C(F)(F)F. The molecule has 2 rings (SSSR count). The van der Waals surface area contributed by atoms with Crippen molar-refractivity contribution in [3.05, 3.63) is 23.5 Å². The lowest BCUT2D eigenvalue weighted by Gasteiger charge is -2.17. The predicted molar refractivity (Wildman–Crippen MR) is 51.7 cm³/mol. The van der Waals surface area contributed by atoms with E-state index < -0.39 is 17.6 Å². The van der Waals surface area contributed by atoms with Crippen LogP contribution in [0.5, 0.6) is 0 Å². The topological polar surface area (TPSA) is 28.7 Å². The zero-order valence-electron chi connectivity index (χ0n) is 8.97. The van der Waals surface area contributed by atoms with Crippen LogP contribution in [0.2, 0.25) is 0 Å². The zero-order valence-corrected chi connectivity index (χ0v) is 8.97. The molecule has 2 nitrogen and oxygen atoms in total. The molecule has 1 aliphatic rings. The third-order valence-corrected chi connectivity index (χ3v) is 3.19. The summed E-state index contributed by atoms with van der Waals surface area (Å²) in [5, 5.41) is 9.04. The first-order valence-electron chi connectivity index (χ1n) is 4.96. The van der Waals surface area contributed by atoms with Gasteiger partial charge in [-0.1, -0.05) is 0 Å². The second-order valence-electron chi connectivity index (χ2n) is 4.29. The van der Waals surface area contributed by atoms with E-state index in [-0.39, 0.29) is 6.42 Å². The van der Waals surface area contributed by atoms with Crippen LogP contribution in [-0.2, 0) is 5.54 Å². The fourth-order valence-corrected chi connectivity index (χ4v) is 2.36.